The van der Waals surface area contributed by atoms with Gasteiger partial charge in [0.15, 0.2) is 11.0 Å². The lowest BCUT2D eigenvalue weighted by Crippen LogP contribution is -2.14. The van der Waals surface area contributed by atoms with Crippen molar-refractivity contribution in [3.63, 3.8) is 0 Å². The van der Waals surface area contributed by atoms with E-state index < -0.39 is 0 Å². The molecule has 186 valence electrons. The highest BCUT2D eigenvalue weighted by Crippen LogP contribution is 2.25. The maximum Gasteiger partial charge on any atom is 0.234 e. The fourth-order valence-corrected chi connectivity index (χ4v) is 4.18. The van der Waals surface area contributed by atoms with Gasteiger partial charge in [-0.1, -0.05) is 23.4 Å². The molecule has 0 saturated carbocycles. The van der Waals surface area contributed by atoms with Gasteiger partial charge in [0.05, 0.1) is 19.5 Å². The van der Waals surface area contributed by atoms with Gasteiger partial charge in [0.1, 0.15) is 23.9 Å². The van der Waals surface area contributed by atoms with Crippen LogP contribution in [0.2, 0.25) is 5.02 Å². The van der Waals surface area contributed by atoms with Crippen LogP contribution in [0.3, 0.4) is 0 Å². The van der Waals surface area contributed by atoms with E-state index in [1.165, 1.54) is 11.8 Å². The van der Waals surface area contributed by atoms with Gasteiger partial charge in [-0.25, -0.2) is 0 Å². The first-order valence-corrected chi connectivity index (χ1v) is 12.5. The summed E-state index contributed by atoms with van der Waals surface area (Å²) in [5.74, 6) is 2.73. The first-order chi connectivity index (χ1) is 17.6. The third-order valence-electron chi connectivity index (χ3n) is 4.99. The number of nitrogens with zero attached hydrogens (tertiary/aromatic N) is 3. The number of amides is 1. The van der Waals surface area contributed by atoms with Gasteiger partial charge in [-0.05, 0) is 79.7 Å². The quantitative estimate of drug-likeness (QED) is 0.254. The molecule has 0 bridgehead atoms. The molecule has 0 aliphatic heterocycles. The van der Waals surface area contributed by atoms with Gasteiger partial charge in [-0.3, -0.25) is 9.36 Å². The molecule has 4 aromatic rings. The molecule has 0 spiro atoms. The van der Waals surface area contributed by atoms with Crippen LogP contribution in [-0.2, 0) is 11.4 Å². The molecule has 0 radical (unpaired) electrons. The number of rotatable bonds is 11. The van der Waals surface area contributed by atoms with Gasteiger partial charge < -0.3 is 19.5 Å². The van der Waals surface area contributed by atoms with Crippen molar-refractivity contribution in [1.29, 1.82) is 0 Å². The SMILES string of the molecule is CCOc1ccc(NC(=O)CSc2nnc(COc3ccc(Cl)cc3)n2-c2ccc(OC)cc2)cc1. The van der Waals surface area contributed by atoms with Crippen molar-refractivity contribution in [2.24, 2.45) is 0 Å². The highest BCUT2D eigenvalue weighted by atomic mass is 35.5. The topological polar surface area (TPSA) is 87.5 Å². The van der Waals surface area contributed by atoms with Crippen LogP contribution in [0, 0.1) is 0 Å². The highest BCUT2D eigenvalue weighted by Gasteiger charge is 2.17. The fourth-order valence-electron chi connectivity index (χ4n) is 3.28. The molecule has 0 unspecified atom stereocenters. The number of methoxy groups -OCH3 is 1. The number of hydrogen-bond donors (Lipinski definition) is 1. The molecule has 36 heavy (non-hydrogen) atoms. The van der Waals surface area contributed by atoms with Crippen molar-refractivity contribution >= 4 is 35.0 Å². The Bertz CT molecular complexity index is 1280. The third-order valence-corrected chi connectivity index (χ3v) is 6.17. The zero-order valence-corrected chi connectivity index (χ0v) is 21.4. The summed E-state index contributed by atoms with van der Waals surface area (Å²) in [6.07, 6.45) is 0. The van der Waals surface area contributed by atoms with Crippen LogP contribution in [0.25, 0.3) is 5.69 Å². The number of halogens is 1. The Labute approximate surface area is 218 Å². The standard InChI is InChI=1S/C26H25ClN4O4S/c1-3-34-22-12-6-19(7-13-22)28-25(32)17-36-26-30-29-24(16-35-23-10-4-18(27)5-11-23)31(26)20-8-14-21(33-2)15-9-20/h4-15H,3,16-17H2,1-2H3,(H,28,32). The van der Waals surface area contributed by atoms with Gasteiger partial charge in [0.25, 0.3) is 0 Å². The smallest absolute Gasteiger partial charge is 0.234 e. The molecule has 1 heterocycles. The molecule has 1 N–H and O–H groups in total. The summed E-state index contributed by atoms with van der Waals surface area (Å²) < 4.78 is 18.5. The average molecular weight is 525 g/mol. The Morgan fingerprint density at radius 2 is 1.56 bits per heavy atom. The molecule has 8 nitrogen and oxygen atoms in total. The van der Waals surface area contributed by atoms with Crippen LogP contribution < -0.4 is 19.5 Å². The van der Waals surface area contributed by atoms with Gasteiger partial charge >= 0.3 is 0 Å². The molecule has 0 saturated heterocycles. The maximum atomic E-state index is 12.6. The Morgan fingerprint density at radius 1 is 0.917 bits per heavy atom. The zero-order valence-electron chi connectivity index (χ0n) is 19.8. The van der Waals surface area contributed by atoms with Crippen LogP contribution in [-0.4, -0.2) is 40.1 Å². The van der Waals surface area contributed by atoms with E-state index in [9.17, 15) is 4.79 Å². The summed E-state index contributed by atoms with van der Waals surface area (Å²) in [6, 6.07) is 21.9. The van der Waals surface area contributed by atoms with Gasteiger partial charge in [-0.2, -0.15) is 0 Å². The average Bonchev–Trinajstić information content (AvgIpc) is 3.31. The van der Waals surface area contributed by atoms with E-state index in [0.717, 1.165) is 17.2 Å². The summed E-state index contributed by atoms with van der Waals surface area (Å²) in [7, 11) is 1.61. The summed E-state index contributed by atoms with van der Waals surface area (Å²) in [6.45, 7) is 2.69. The molecule has 10 heteroatoms. The molecule has 0 aliphatic rings. The van der Waals surface area contributed by atoms with E-state index in [0.29, 0.717) is 34.0 Å². The normalized spacial score (nSPS) is 10.6. The van der Waals surface area contributed by atoms with E-state index >= 15 is 0 Å². The Balaban J connectivity index is 1.47. The molecule has 1 amide bonds. The Morgan fingerprint density at radius 3 is 2.22 bits per heavy atom. The van der Waals surface area contributed by atoms with E-state index in [1.807, 2.05) is 47.9 Å². The minimum absolute atomic E-state index is 0.152. The molecular weight excluding hydrogens is 500 g/mol. The monoisotopic (exact) mass is 524 g/mol. The number of hydrogen-bond acceptors (Lipinski definition) is 7. The summed E-state index contributed by atoms with van der Waals surface area (Å²) in [4.78, 5) is 12.6. The Hall–Kier alpha value is -3.69. The summed E-state index contributed by atoms with van der Waals surface area (Å²) in [5, 5.41) is 12.7. The molecule has 1 aromatic heterocycles. The molecule has 3 aromatic carbocycles. The van der Waals surface area contributed by atoms with Crippen molar-refractivity contribution in [3.8, 4) is 22.9 Å². The van der Waals surface area contributed by atoms with E-state index in [4.69, 9.17) is 25.8 Å². The van der Waals surface area contributed by atoms with E-state index in [-0.39, 0.29) is 18.3 Å². The lowest BCUT2D eigenvalue weighted by atomic mass is 10.3. The van der Waals surface area contributed by atoms with Crippen LogP contribution in [0.1, 0.15) is 12.7 Å². The number of ether oxygens (including phenoxy) is 3. The second kappa shape index (κ2) is 12.3. The van der Waals surface area contributed by atoms with Gasteiger partial charge in [0, 0.05) is 16.4 Å². The number of carbonyl (C=O) groups is 1. The van der Waals surface area contributed by atoms with Crippen molar-refractivity contribution in [2.45, 2.75) is 18.7 Å². The number of aromatic nitrogens is 3. The van der Waals surface area contributed by atoms with Crippen molar-refractivity contribution in [1.82, 2.24) is 14.8 Å². The first-order valence-electron chi connectivity index (χ1n) is 11.2. The van der Waals surface area contributed by atoms with Crippen molar-refractivity contribution in [2.75, 3.05) is 24.8 Å². The first kappa shape index (κ1) is 25.4. The number of benzene rings is 3. The van der Waals surface area contributed by atoms with Gasteiger partial charge in [-0.15, -0.1) is 10.2 Å². The molecule has 4 rings (SSSR count). The second-order valence-electron chi connectivity index (χ2n) is 7.47. The molecule has 0 fully saturated rings. The highest BCUT2D eigenvalue weighted by molar-refractivity contribution is 7.99. The predicted octanol–water partition coefficient (Wildman–Crippen LogP) is 5.64. The lowest BCUT2D eigenvalue weighted by Gasteiger charge is -2.12. The number of carbonyl (C=O) groups excluding carboxylic acids is 1. The molecule has 0 atom stereocenters. The minimum Gasteiger partial charge on any atom is -0.497 e. The second-order valence-corrected chi connectivity index (χ2v) is 8.85. The molecular formula is C26H25ClN4O4S. The third kappa shape index (κ3) is 6.71. The van der Waals surface area contributed by atoms with E-state index in [1.54, 1.807) is 43.5 Å². The predicted molar refractivity (Wildman–Crippen MR) is 141 cm³/mol. The Kier molecular flexibility index (Phi) is 8.70. The lowest BCUT2D eigenvalue weighted by molar-refractivity contribution is -0.113. The van der Waals surface area contributed by atoms with Crippen LogP contribution >= 0.6 is 23.4 Å². The fraction of sp³-hybridized carbons (Fsp3) is 0.192. The summed E-state index contributed by atoms with van der Waals surface area (Å²) >= 11 is 7.24. The van der Waals surface area contributed by atoms with E-state index in [2.05, 4.69) is 15.5 Å². The zero-order chi connectivity index (χ0) is 25.3. The van der Waals surface area contributed by atoms with Gasteiger partial charge in [0.2, 0.25) is 5.91 Å². The van der Waals surface area contributed by atoms with Crippen molar-refractivity contribution in [3.05, 3.63) is 83.6 Å². The minimum atomic E-state index is -0.160. The van der Waals surface area contributed by atoms with Crippen LogP contribution in [0.15, 0.2) is 78.0 Å². The van der Waals surface area contributed by atoms with Crippen molar-refractivity contribution < 1.29 is 19.0 Å². The molecule has 0 aliphatic carbocycles. The van der Waals surface area contributed by atoms with Crippen LogP contribution in [0.5, 0.6) is 17.2 Å². The van der Waals surface area contributed by atoms with Crippen LogP contribution in [0.4, 0.5) is 5.69 Å². The number of thioether (sulfide) groups is 1. The maximum absolute atomic E-state index is 12.6. The largest absolute Gasteiger partial charge is 0.497 e. The summed E-state index contributed by atoms with van der Waals surface area (Å²) in [5.41, 5.74) is 1.52. The number of anilines is 1. The number of nitrogens with one attached hydrogen (secondary N) is 1.